The van der Waals surface area contributed by atoms with Crippen LogP contribution in [0.4, 0.5) is 5.69 Å². The van der Waals surface area contributed by atoms with E-state index in [-0.39, 0.29) is 33.5 Å². The van der Waals surface area contributed by atoms with Gasteiger partial charge in [0.2, 0.25) is 0 Å². The van der Waals surface area contributed by atoms with Gasteiger partial charge in [-0.2, -0.15) is 0 Å². The molecule has 0 fully saturated rings. The summed E-state index contributed by atoms with van der Waals surface area (Å²) < 4.78 is 27.9. The van der Waals surface area contributed by atoms with E-state index in [0.29, 0.717) is 0 Å². The zero-order valence-electron chi connectivity index (χ0n) is 18.2. The smallest absolute Gasteiger partial charge is 0.261 e. The highest BCUT2D eigenvalue weighted by Gasteiger charge is 2.20. The van der Waals surface area contributed by atoms with E-state index in [2.05, 4.69) is 42.9 Å². The first-order valence-corrected chi connectivity index (χ1v) is 11.6. The van der Waals surface area contributed by atoms with E-state index < -0.39 is 10.0 Å². The molecule has 0 unspecified atom stereocenters. The van der Waals surface area contributed by atoms with Crippen LogP contribution in [0.1, 0.15) is 55.2 Å². The largest absolute Gasteiger partial charge is 0.345 e. The van der Waals surface area contributed by atoms with E-state index in [1.165, 1.54) is 17.7 Å². The Morgan fingerprint density at radius 1 is 0.839 bits per heavy atom. The number of carbonyl (C=O) groups is 1. The van der Waals surface area contributed by atoms with E-state index in [1.807, 2.05) is 19.1 Å². The summed E-state index contributed by atoms with van der Waals surface area (Å²) in [4.78, 5) is 13.1. The van der Waals surface area contributed by atoms with Gasteiger partial charge in [0.1, 0.15) is 0 Å². The molecule has 0 saturated carbocycles. The maximum Gasteiger partial charge on any atom is 0.261 e. The highest BCUT2D eigenvalue weighted by atomic mass is 32.2. The molecule has 0 spiro atoms. The lowest BCUT2D eigenvalue weighted by Crippen LogP contribution is -2.28. The van der Waals surface area contributed by atoms with Gasteiger partial charge in [0.25, 0.3) is 15.9 Å². The van der Waals surface area contributed by atoms with Crippen LogP contribution in [0, 0.1) is 0 Å². The molecule has 0 aromatic heterocycles. The summed E-state index contributed by atoms with van der Waals surface area (Å²) >= 11 is 0. The van der Waals surface area contributed by atoms with Crippen molar-refractivity contribution in [2.45, 2.75) is 44.0 Å². The number of sulfonamides is 1. The lowest BCUT2D eigenvalue weighted by molar-refractivity contribution is 0.0941. The third-order valence-corrected chi connectivity index (χ3v) is 6.48. The van der Waals surface area contributed by atoms with Crippen molar-refractivity contribution in [3.05, 3.63) is 95.6 Å². The predicted molar refractivity (Wildman–Crippen MR) is 125 cm³/mol. The number of para-hydroxylation sites is 1. The van der Waals surface area contributed by atoms with Crippen LogP contribution in [0.2, 0.25) is 0 Å². The molecule has 0 bridgehead atoms. The first-order chi connectivity index (χ1) is 14.6. The van der Waals surface area contributed by atoms with Crippen molar-refractivity contribution in [3.63, 3.8) is 0 Å². The summed E-state index contributed by atoms with van der Waals surface area (Å²) in [5.74, 6) is -0.348. The van der Waals surface area contributed by atoms with Gasteiger partial charge in [0.15, 0.2) is 0 Å². The summed E-state index contributed by atoms with van der Waals surface area (Å²) in [6.07, 6.45) is 0. The Morgan fingerprint density at radius 3 is 2.03 bits per heavy atom. The summed E-state index contributed by atoms with van der Waals surface area (Å²) in [7, 11) is -3.80. The van der Waals surface area contributed by atoms with Crippen molar-refractivity contribution in [2.24, 2.45) is 0 Å². The number of benzene rings is 3. The van der Waals surface area contributed by atoms with Crippen LogP contribution in [-0.2, 0) is 15.4 Å². The average molecular weight is 437 g/mol. The SMILES string of the molecule is C[C@@H](NC(=O)c1ccccc1NS(=O)(=O)c1ccccc1)c1ccc(C(C)(C)C)cc1. The minimum Gasteiger partial charge on any atom is -0.345 e. The second-order valence-corrected chi connectivity index (χ2v) is 10.2. The molecule has 0 aliphatic carbocycles. The molecule has 2 N–H and O–H groups in total. The molecule has 0 heterocycles. The molecule has 3 rings (SSSR count). The predicted octanol–water partition coefficient (Wildman–Crippen LogP) is 5.28. The monoisotopic (exact) mass is 436 g/mol. The van der Waals surface area contributed by atoms with Crippen LogP contribution in [0.5, 0.6) is 0 Å². The fraction of sp³-hybridized carbons (Fsp3) is 0.240. The van der Waals surface area contributed by atoms with Crippen molar-refractivity contribution in [3.8, 4) is 0 Å². The molecule has 0 aliphatic rings. The highest BCUT2D eigenvalue weighted by molar-refractivity contribution is 7.92. The minimum atomic E-state index is -3.80. The number of amides is 1. The Morgan fingerprint density at radius 2 is 1.42 bits per heavy atom. The topological polar surface area (TPSA) is 75.3 Å². The fourth-order valence-electron chi connectivity index (χ4n) is 3.20. The van der Waals surface area contributed by atoms with Gasteiger partial charge in [-0.25, -0.2) is 8.42 Å². The Labute approximate surface area is 184 Å². The van der Waals surface area contributed by atoms with E-state index in [1.54, 1.807) is 42.5 Å². The third kappa shape index (κ3) is 5.52. The number of rotatable bonds is 6. The van der Waals surface area contributed by atoms with Crippen molar-refractivity contribution < 1.29 is 13.2 Å². The maximum absolute atomic E-state index is 13.0. The minimum absolute atomic E-state index is 0.0554. The molecule has 0 aliphatic heterocycles. The van der Waals surface area contributed by atoms with Gasteiger partial charge in [0, 0.05) is 0 Å². The zero-order valence-corrected chi connectivity index (χ0v) is 19.0. The second kappa shape index (κ2) is 8.94. The van der Waals surface area contributed by atoms with Gasteiger partial charge >= 0.3 is 0 Å². The second-order valence-electron chi connectivity index (χ2n) is 8.53. The van der Waals surface area contributed by atoms with Crippen LogP contribution in [-0.4, -0.2) is 14.3 Å². The van der Waals surface area contributed by atoms with Crippen molar-refractivity contribution in [1.82, 2.24) is 5.32 Å². The molecule has 3 aromatic carbocycles. The summed E-state index contributed by atoms with van der Waals surface area (Å²) in [6, 6.07) is 22.6. The van der Waals surface area contributed by atoms with E-state index in [0.717, 1.165) is 5.56 Å². The number of anilines is 1. The van der Waals surface area contributed by atoms with Gasteiger partial charge in [-0.15, -0.1) is 0 Å². The Hall–Kier alpha value is -3.12. The summed E-state index contributed by atoms with van der Waals surface area (Å²) in [5.41, 5.74) is 2.75. The van der Waals surface area contributed by atoms with Crippen molar-refractivity contribution in [1.29, 1.82) is 0 Å². The summed E-state index contributed by atoms with van der Waals surface area (Å²) in [6.45, 7) is 8.36. The van der Waals surface area contributed by atoms with Gasteiger partial charge in [-0.1, -0.05) is 75.4 Å². The maximum atomic E-state index is 13.0. The highest BCUT2D eigenvalue weighted by Crippen LogP contribution is 2.25. The lowest BCUT2D eigenvalue weighted by Gasteiger charge is -2.21. The number of carbonyl (C=O) groups excluding carboxylic acids is 1. The molecule has 0 saturated heterocycles. The van der Waals surface area contributed by atoms with Crippen LogP contribution < -0.4 is 10.0 Å². The number of nitrogens with one attached hydrogen (secondary N) is 2. The molecule has 5 nitrogen and oxygen atoms in total. The van der Waals surface area contributed by atoms with E-state index in [9.17, 15) is 13.2 Å². The number of hydrogen-bond donors (Lipinski definition) is 2. The van der Waals surface area contributed by atoms with Crippen LogP contribution in [0.15, 0.2) is 83.8 Å². The average Bonchev–Trinajstić information content (AvgIpc) is 2.74. The van der Waals surface area contributed by atoms with E-state index in [4.69, 9.17) is 0 Å². The molecular weight excluding hydrogens is 408 g/mol. The Balaban J connectivity index is 1.78. The molecule has 1 amide bonds. The van der Waals surface area contributed by atoms with Gasteiger partial charge in [0.05, 0.1) is 22.2 Å². The van der Waals surface area contributed by atoms with Gasteiger partial charge < -0.3 is 5.32 Å². The molecule has 162 valence electrons. The molecule has 6 heteroatoms. The molecule has 1 atom stereocenters. The fourth-order valence-corrected chi connectivity index (χ4v) is 4.30. The standard InChI is InChI=1S/C25H28N2O3S/c1-18(19-14-16-20(17-15-19)25(2,3)4)26-24(28)22-12-8-9-13-23(22)27-31(29,30)21-10-6-5-7-11-21/h5-18,27H,1-4H3,(H,26,28)/t18-/m1/s1. The Kier molecular flexibility index (Phi) is 6.51. The molecular formula is C25H28N2O3S. The third-order valence-electron chi connectivity index (χ3n) is 5.09. The van der Waals surface area contributed by atoms with E-state index >= 15 is 0 Å². The van der Waals surface area contributed by atoms with Crippen LogP contribution >= 0.6 is 0 Å². The van der Waals surface area contributed by atoms with Crippen LogP contribution in [0.25, 0.3) is 0 Å². The normalized spacial score (nSPS) is 12.8. The molecule has 3 aromatic rings. The Bertz CT molecular complexity index is 1150. The number of hydrogen-bond acceptors (Lipinski definition) is 3. The molecule has 31 heavy (non-hydrogen) atoms. The first-order valence-electron chi connectivity index (χ1n) is 10.2. The lowest BCUT2D eigenvalue weighted by atomic mass is 9.86. The van der Waals surface area contributed by atoms with Crippen molar-refractivity contribution in [2.75, 3.05) is 4.72 Å². The van der Waals surface area contributed by atoms with Gasteiger partial charge in [-0.05, 0) is 47.7 Å². The first kappa shape index (κ1) is 22.6. The zero-order chi connectivity index (χ0) is 22.6. The van der Waals surface area contributed by atoms with Gasteiger partial charge in [-0.3, -0.25) is 9.52 Å². The summed E-state index contributed by atoms with van der Waals surface area (Å²) in [5, 5.41) is 2.96. The van der Waals surface area contributed by atoms with Crippen molar-refractivity contribution >= 4 is 21.6 Å². The molecule has 0 radical (unpaired) electrons. The quantitative estimate of drug-likeness (QED) is 0.552. The van der Waals surface area contributed by atoms with Crippen LogP contribution in [0.3, 0.4) is 0 Å².